The molecule has 114 valence electrons. The quantitative estimate of drug-likeness (QED) is 0.852. The molecule has 0 bridgehead atoms. The van der Waals surface area contributed by atoms with E-state index in [2.05, 4.69) is 5.32 Å². The number of nitrogens with one attached hydrogen (secondary N) is 1. The van der Waals surface area contributed by atoms with Crippen molar-refractivity contribution in [2.24, 2.45) is 0 Å². The van der Waals surface area contributed by atoms with Crippen molar-refractivity contribution in [3.63, 3.8) is 0 Å². The number of hydrogen-bond acceptors (Lipinski definition) is 3. The summed E-state index contributed by atoms with van der Waals surface area (Å²) in [5.74, 6) is -0.607. The lowest BCUT2D eigenvalue weighted by Crippen LogP contribution is -2.41. The van der Waals surface area contributed by atoms with Crippen LogP contribution in [0.4, 0.5) is 10.1 Å². The van der Waals surface area contributed by atoms with Crippen LogP contribution in [-0.2, 0) is 14.1 Å². The van der Waals surface area contributed by atoms with Crippen molar-refractivity contribution in [1.29, 1.82) is 0 Å². The van der Waals surface area contributed by atoms with Gasteiger partial charge in [-0.2, -0.15) is 0 Å². The maximum atomic E-state index is 14.3. The van der Waals surface area contributed by atoms with Crippen LogP contribution < -0.4 is 10.8 Å². The molecule has 6 heteroatoms. The van der Waals surface area contributed by atoms with E-state index >= 15 is 0 Å². The molecule has 0 spiro atoms. The Morgan fingerprint density at radius 1 is 1.19 bits per heavy atom. The molecule has 21 heavy (non-hydrogen) atoms. The lowest BCUT2D eigenvalue weighted by atomic mass is 9.78. The Balaban J connectivity index is 2.39. The first-order chi connectivity index (χ1) is 9.53. The third-order valence-electron chi connectivity index (χ3n) is 4.16. The Bertz CT molecular complexity index is 571. The van der Waals surface area contributed by atoms with Crippen LogP contribution in [0.2, 0.25) is 0 Å². The van der Waals surface area contributed by atoms with E-state index in [1.54, 1.807) is 13.0 Å². The molecule has 2 rings (SSSR count). The van der Waals surface area contributed by atoms with Gasteiger partial charge in [-0.25, -0.2) is 4.39 Å². The van der Waals surface area contributed by atoms with E-state index in [0.29, 0.717) is 16.7 Å². The minimum Gasteiger partial charge on any atom is -0.399 e. The number of amides is 1. The van der Waals surface area contributed by atoms with E-state index in [9.17, 15) is 9.18 Å². The van der Waals surface area contributed by atoms with Gasteiger partial charge >= 0.3 is 7.12 Å². The number of carbonyl (C=O) groups is 1. The molecule has 1 aromatic rings. The fourth-order valence-corrected chi connectivity index (χ4v) is 2.16. The number of rotatable bonds is 2. The minimum atomic E-state index is -0.789. The molecule has 1 amide bonds. The minimum absolute atomic E-state index is 0.204. The Labute approximate surface area is 125 Å². The van der Waals surface area contributed by atoms with E-state index in [1.807, 2.05) is 27.7 Å². The maximum Gasteiger partial charge on any atom is 0.497 e. The topological polar surface area (TPSA) is 47.6 Å². The average Bonchev–Trinajstić information content (AvgIpc) is 2.51. The van der Waals surface area contributed by atoms with Crippen LogP contribution in [0.15, 0.2) is 12.1 Å². The molecule has 1 fully saturated rings. The predicted octanol–water partition coefficient (Wildman–Crippen LogP) is 2.39. The fraction of sp³-hybridized carbons (Fsp3) is 0.533. The molecule has 1 saturated heterocycles. The molecule has 0 atom stereocenters. The molecule has 0 aromatic heterocycles. The molecule has 1 N–H and O–H groups in total. The number of anilines is 1. The molecule has 1 aromatic carbocycles. The zero-order chi connectivity index (χ0) is 16.0. The molecule has 1 aliphatic rings. The summed E-state index contributed by atoms with van der Waals surface area (Å²) in [6.45, 7) is 10.8. The Morgan fingerprint density at radius 3 is 2.19 bits per heavy atom. The molecule has 0 aliphatic carbocycles. The summed E-state index contributed by atoms with van der Waals surface area (Å²) in [5, 5.41) is 2.69. The summed E-state index contributed by atoms with van der Waals surface area (Å²) in [6, 6.07) is 2.96. The van der Waals surface area contributed by atoms with Gasteiger partial charge in [0, 0.05) is 18.1 Å². The van der Waals surface area contributed by atoms with Gasteiger partial charge in [-0.05, 0) is 52.3 Å². The highest BCUT2D eigenvalue weighted by Crippen LogP contribution is 2.36. The van der Waals surface area contributed by atoms with Crippen LogP contribution in [0.3, 0.4) is 0 Å². The Hall–Kier alpha value is -1.40. The first kappa shape index (κ1) is 16.0. The zero-order valence-electron chi connectivity index (χ0n) is 13.3. The van der Waals surface area contributed by atoms with Crippen molar-refractivity contribution < 1.29 is 18.5 Å². The molecule has 0 radical (unpaired) electrons. The lowest BCUT2D eigenvalue weighted by Gasteiger charge is -2.32. The third kappa shape index (κ3) is 2.96. The lowest BCUT2D eigenvalue weighted by molar-refractivity contribution is -0.114. The summed E-state index contributed by atoms with van der Waals surface area (Å²) in [5.41, 5.74) is 0.436. The van der Waals surface area contributed by atoms with Crippen LogP contribution in [0.5, 0.6) is 0 Å². The van der Waals surface area contributed by atoms with Gasteiger partial charge in [0.1, 0.15) is 5.82 Å². The number of aryl methyl sites for hydroxylation is 1. The van der Waals surface area contributed by atoms with Crippen LogP contribution in [0.1, 0.15) is 40.2 Å². The third-order valence-corrected chi connectivity index (χ3v) is 4.16. The Kier molecular flexibility index (Phi) is 3.89. The molecular formula is C15H21BFNO3. The van der Waals surface area contributed by atoms with Crippen molar-refractivity contribution >= 4 is 24.2 Å². The SMILES string of the molecule is CC(=O)Nc1cc(B2OC(C)(C)C(C)(C)O2)c(F)cc1C. The maximum absolute atomic E-state index is 14.3. The summed E-state index contributed by atoms with van der Waals surface area (Å²) < 4.78 is 26.0. The van der Waals surface area contributed by atoms with Gasteiger partial charge < -0.3 is 14.6 Å². The highest BCUT2D eigenvalue weighted by Gasteiger charge is 2.52. The van der Waals surface area contributed by atoms with Gasteiger partial charge in [-0.1, -0.05) is 0 Å². The molecule has 0 saturated carbocycles. The van der Waals surface area contributed by atoms with Crippen molar-refractivity contribution in [2.45, 2.75) is 52.7 Å². The second kappa shape index (κ2) is 5.11. The number of halogens is 1. The Morgan fingerprint density at radius 2 is 1.71 bits per heavy atom. The van der Waals surface area contributed by atoms with Crippen molar-refractivity contribution in [3.05, 3.63) is 23.5 Å². The summed E-state index contributed by atoms with van der Waals surface area (Å²) >= 11 is 0. The van der Waals surface area contributed by atoms with E-state index in [4.69, 9.17) is 9.31 Å². The normalized spacial score (nSPS) is 19.7. The van der Waals surface area contributed by atoms with Gasteiger partial charge in [-0.15, -0.1) is 0 Å². The van der Waals surface area contributed by atoms with E-state index in [1.165, 1.54) is 13.0 Å². The van der Waals surface area contributed by atoms with Crippen LogP contribution >= 0.6 is 0 Å². The largest absolute Gasteiger partial charge is 0.497 e. The fourth-order valence-electron chi connectivity index (χ4n) is 2.16. The highest BCUT2D eigenvalue weighted by atomic mass is 19.1. The monoisotopic (exact) mass is 293 g/mol. The number of benzene rings is 1. The average molecular weight is 293 g/mol. The summed E-state index contributed by atoms with van der Waals surface area (Å²) in [6.07, 6.45) is 0. The van der Waals surface area contributed by atoms with Crippen LogP contribution in [0.25, 0.3) is 0 Å². The number of carbonyl (C=O) groups excluding carboxylic acids is 1. The van der Waals surface area contributed by atoms with E-state index < -0.39 is 24.1 Å². The van der Waals surface area contributed by atoms with Crippen LogP contribution in [-0.4, -0.2) is 24.2 Å². The second-order valence-corrected chi connectivity index (χ2v) is 6.46. The van der Waals surface area contributed by atoms with Gasteiger partial charge in [0.2, 0.25) is 5.91 Å². The van der Waals surface area contributed by atoms with Crippen molar-refractivity contribution in [3.8, 4) is 0 Å². The van der Waals surface area contributed by atoms with Gasteiger partial charge in [0.15, 0.2) is 0 Å². The number of hydrogen-bond donors (Lipinski definition) is 1. The first-order valence-corrected chi connectivity index (χ1v) is 6.97. The van der Waals surface area contributed by atoms with Gasteiger partial charge in [-0.3, -0.25) is 4.79 Å². The van der Waals surface area contributed by atoms with E-state index in [0.717, 1.165) is 0 Å². The molecule has 1 aliphatic heterocycles. The van der Waals surface area contributed by atoms with Crippen LogP contribution in [0, 0.1) is 12.7 Å². The smallest absolute Gasteiger partial charge is 0.399 e. The van der Waals surface area contributed by atoms with Gasteiger partial charge in [0.25, 0.3) is 0 Å². The first-order valence-electron chi connectivity index (χ1n) is 6.97. The summed E-state index contributed by atoms with van der Waals surface area (Å²) in [4.78, 5) is 11.2. The van der Waals surface area contributed by atoms with Gasteiger partial charge in [0.05, 0.1) is 11.2 Å². The predicted molar refractivity (Wildman–Crippen MR) is 81.2 cm³/mol. The molecule has 1 heterocycles. The van der Waals surface area contributed by atoms with Crippen molar-refractivity contribution in [1.82, 2.24) is 0 Å². The summed E-state index contributed by atoms with van der Waals surface area (Å²) in [7, 11) is -0.789. The second-order valence-electron chi connectivity index (χ2n) is 6.46. The molecule has 0 unspecified atom stereocenters. The van der Waals surface area contributed by atoms with Crippen molar-refractivity contribution in [2.75, 3.05) is 5.32 Å². The molecular weight excluding hydrogens is 272 g/mol. The highest BCUT2D eigenvalue weighted by molar-refractivity contribution is 6.62. The molecule has 4 nitrogen and oxygen atoms in total. The zero-order valence-corrected chi connectivity index (χ0v) is 13.3. The van der Waals surface area contributed by atoms with E-state index in [-0.39, 0.29) is 5.91 Å². The standard InChI is InChI=1S/C15H21BFNO3/c1-9-7-12(17)11(8-13(9)18-10(2)19)16-20-14(3,4)15(5,6)21-16/h7-8H,1-6H3,(H,18,19).